The molecule has 3 aliphatic heterocycles. The van der Waals surface area contributed by atoms with E-state index in [9.17, 15) is 14.0 Å². The van der Waals surface area contributed by atoms with E-state index in [0.29, 0.717) is 27.9 Å². The van der Waals surface area contributed by atoms with Crippen LogP contribution in [0, 0.1) is 5.82 Å². The van der Waals surface area contributed by atoms with Crippen LogP contribution in [0.25, 0.3) is 0 Å². The normalized spacial score (nSPS) is 30.3. The van der Waals surface area contributed by atoms with E-state index < -0.39 is 22.0 Å². The van der Waals surface area contributed by atoms with Gasteiger partial charge in [-0.3, -0.25) is 19.4 Å². The second-order valence-corrected chi connectivity index (χ2v) is 9.87. The van der Waals surface area contributed by atoms with Crippen LogP contribution in [0.5, 0.6) is 0 Å². The highest BCUT2D eigenvalue weighted by Gasteiger charge is 2.79. The van der Waals surface area contributed by atoms with Gasteiger partial charge in [0.1, 0.15) is 20.6 Å². The molecule has 1 aromatic carbocycles. The lowest BCUT2D eigenvalue weighted by atomic mass is 9.73. The Kier molecular flexibility index (Phi) is 4.45. The van der Waals surface area contributed by atoms with Gasteiger partial charge in [0, 0.05) is 31.4 Å². The molecule has 0 saturated carbocycles. The summed E-state index contributed by atoms with van der Waals surface area (Å²) >= 11 is 6.80. The SMILES string of the molecule is C=CCN1C(=O)[C@]2(SC1=S)[C@@H](c1ccco1)CN(C)[C@@]21C(=O)N(C)c2ccc(F)cc21. The zero-order valence-electron chi connectivity index (χ0n) is 17.0. The Hall–Kier alpha value is -2.49. The fourth-order valence-electron chi connectivity index (χ4n) is 5.40. The molecule has 2 saturated heterocycles. The first-order valence-electron chi connectivity index (χ1n) is 9.79. The van der Waals surface area contributed by atoms with Crippen molar-refractivity contribution in [3.8, 4) is 0 Å². The average molecular weight is 458 g/mol. The lowest BCUT2D eigenvalue weighted by molar-refractivity contribution is -0.138. The van der Waals surface area contributed by atoms with Crippen molar-refractivity contribution < 1.29 is 18.4 Å². The van der Waals surface area contributed by atoms with Gasteiger partial charge in [-0.2, -0.15) is 0 Å². The number of likely N-dealkylation sites (N-methyl/N-ethyl adjacent to an activating group) is 2. The first kappa shape index (κ1) is 20.4. The van der Waals surface area contributed by atoms with Crippen LogP contribution < -0.4 is 4.90 Å². The molecular formula is C22H20FN3O3S2. The summed E-state index contributed by atoms with van der Waals surface area (Å²) in [6, 6.07) is 7.84. The Morgan fingerprint density at radius 2 is 2.10 bits per heavy atom. The summed E-state index contributed by atoms with van der Waals surface area (Å²) in [6.45, 7) is 4.34. The van der Waals surface area contributed by atoms with E-state index >= 15 is 0 Å². The highest BCUT2D eigenvalue weighted by Crippen LogP contribution is 2.66. The highest BCUT2D eigenvalue weighted by molar-refractivity contribution is 8.25. The number of furan rings is 1. The molecule has 9 heteroatoms. The largest absolute Gasteiger partial charge is 0.469 e. The zero-order valence-corrected chi connectivity index (χ0v) is 18.6. The van der Waals surface area contributed by atoms with Gasteiger partial charge in [0.25, 0.3) is 5.91 Å². The van der Waals surface area contributed by atoms with Crippen molar-refractivity contribution in [3.05, 3.63) is 66.4 Å². The molecule has 160 valence electrons. The van der Waals surface area contributed by atoms with Gasteiger partial charge in [0.05, 0.1) is 12.2 Å². The third kappa shape index (κ3) is 2.29. The number of carbonyl (C=O) groups is 2. The number of nitrogens with zero attached hydrogens (tertiary/aromatic N) is 3. The lowest BCUT2D eigenvalue weighted by Crippen LogP contribution is -2.62. The number of hydrogen-bond donors (Lipinski definition) is 0. The summed E-state index contributed by atoms with van der Waals surface area (Å²) in [5.41, 5.74) is -0.377. The molecule has 3 aliphatic rings. The van der Waals surface area contributed by atoms with E-state index in [1.165, 1.54) is 33.7 Å². The molecule has 1 aromatic heterocycles. The number of thiocarbonyl (C=S) groups is 1. The van der Waals surface area contributed by atoms with Crippen molar-refractivity contribution in [2.24, 2.45) is 0 Å². The number of amides is 2. The number of fused-ring (bicyclic) bond motifs is 3. The van der Waals surface area contributed by atoms with Crippen LogP contribution in [-0.4, -0.2) is 57.9 Å². The van der Waals surface area contributed by atoms with Crippen LogP contribution in [0.2, 0.25) is 0 Å². The minimum Gasteiger partial charge on any atom is -0.469 e. The minimum absolute atomic E-state index is 0.233. The van der Waals surface area contributed by atoms with Crippen molar-refractivity contribution in [3.63, 3.8) is 0 Å². The third-order valence-electron chi connectivity index (χ3n) is 6.61. The Labute approximate surface area is 188 Å². The maximum Gasteiger partial charge on any atom is 0.254 e. The van der Waals surface area contributed by atoms with Crippen molar-refractivity contribution in [1.29, 1.82) is 0 Å². The highest BCUT2D eigenvalue weighted by atomic mass is 32.2. The summed E-state index contributed by atoms with van der Waals surface area (Å²) in [5, 5.41) is 0. The van der Waals surface area contributed by atoms with Gasteiger partial charge in [-0.25, -0.2) is 4.39 Å². The summed E-state index contributed by atoms with van der Waals surface area (Å²) < 4.78 is 19.3. The van der Waals surface area contributed by atoms with Crippen molar-refractivity contribution in [2.75, 3.05) is 32.1 Å². The number of carbonyl (C=O) groups excluding carboxylic acids is 2. The van der Waals surface area contributed by atoms with Crippen molar-refractivity contribution in [1.82, 2.24) is 9.80 Å². The Morgan fingerprint density at radius 3 is 2.77 bits per heavy atom. The van der Waals surface area contributed by atoms with Gasteiger partial charge in [0.15, 0.2) is 5.54 Å². The summed E-state index contributed by atoms with van der Waals surface area (Å²) in [6.07, 6.45) is 3.15. The van der Waals surface area contributed by atoms with Crippen molar-refractivity contribution in [2.45, 2.75) is 16.2 Å². The fourth-order valence-corrected chi connectivity index (χ4v) is 7.52. The summed E-state index contributed by atoms with van der Waals surface area (Å²) in [4.78, 5) is 33.0. The number of anilines is 1. The second-order valence-electron chi connectivity index (χ2n) is 7.99. The molecule has 2 amide bonds. The first-order valence-corrected chi connectivity index (χ1v) is 11.0. The number of benzene rings is 1. The van der Waals surface area contributed by atoms with Gasteiger partial charge in [-0.05, 0) is 37.4 Å². The molecule has 0 radical (unpaired) electrons. The molecule has 0 unspecified atom stereocenters. The lowest BCUT2D eigenvalue weighted by Gasteiger charge is -2.41. The van der Waals surface area contributed by atoms with E-state index in [4.69, 9.17) is 16.6 Å². The Balaban J connectivity index is 1.85. The van der Waals surface area contributed by atoms with Crippen LogP contribution in [0.1, 0.15) is 17.2 Å². The average Bonchev–Trinajstić information content (AvgIpc) is 3.45. The molecule has 6 nitrogen and oxygen atoms in total. The maximum atomic E-state index is 14.5. The molecular weight excluding hydrogens is 437 g/mol. The third-order valence-corrected chi connectivity index (χ3v) is 8.55. The topological polar surface area (TPSA) is 57.0 Å². The molecule has 5 rings (SSSR count). The fraction of sp³-hybridized carbons (Fsp3) is 0.318. The van der Waals surface area contributed by atoms with Crippen LogP contribution in [0.15, 0.2) is 53.7 Å². The monoisotopic (exact) mass is 457 g/mol. The number of thioether (sulfide) groups is 1. The predicted octanol–water partition coefficient (Wildman–Crippen LogP) is 3.10. The summed E-state index contributed by atoms with van der Waals surface area (Å²) in [7, 11) is 3.45. The van der Waals surface area contributed by atoms with E-state index in [2.05, 4.69) is 6.58 Å². The summed E-state index contributed by atoms with van der Waals surface area (Å²) in [5.74, 6) is -0.912. The second kappa shape index (κ2) is 6.75. The Bertz CT molecular complexity index is 1140. The molecule has 0 N–H and O–H groups in total. The molecule has 3 atom stereocenters. The van der Waals surface area contributed by atoms with Crippen LogP contribution in [-0.2, 0) is 15.1 Å². The number of likely N-dealkylation sites (tertiary alicyclic amines) is 1. The van der Waals surface area contributed by atoms with E-state index in [0.717, 1.165) is 0 Å². The minimum atomic E-state index is -1.43. The van der Waals surface area contributed by atoms with Gasteiger partial charge in [-0.15, -0.1) is 6.58 Å². The van der Waals surface area contributed by atoms with Crippen LogP contribution >= 0.6 is 24.0 Å². The molecule has 0 aliphatic carbocycles. The van der Waals surface area contributed by atoms with Gasteiger partial charge < -0.3 is 9.32 Å². The Morgan fingerprint density at radius 1 is 1.32 bits per heavy atom. The van der Waals surface area contributed by atoms with Gasteiger partial charge >= 0.3 is 0 Å². The zero-order chi connectivity index (χ0) is 22.1. The van der Waals surface area contributed by atoms with E-state index in [1.54, 1.807) is 38.6 Å². The van der Waals surface area contributed by atoms with Gasteiger partial charge in [-0.1, -0.05) is 30.1 Å². The maximum absolute atomic E-state index is 14.5. The molecule has 2 fully saturated rings. The van der Waals surface area contributed by atoms with Crippen LogP contribution in [0.4, 0.5) is 10.1 Å². The standard InChI is InChI=1S/C22H20FN3O3S2/c1-4-9-26-19(28)22(31-20(26)30)15(17-6-5-10-29-17)12-24(2)21(22)14-11-13(23)7-8-16(14)25(3)18(21)27/h4-8,10-11,15H,1,9,12H2,2-3H3/t15-,21+,22-/m1/s1. The number of rotatable bonds is 3. The number of hydrogen-bond acceptors (Lipinski definition) is 6. The molecule has 2 spiro atoms. The molecule has 2 aromatic rings. The molecule has 31 heavy (non-hydrogen) atoms. The van der Waals surface area contributed by atoms with E-state index in [1.807, 2.05) is 11.0 Å². The van der Waals surface area contributed by atoms with Gasteiger partial charge in [0.2, 0.25) is 5.91 Å². The first-order chi connectivity index (χ1) is 14.8. The van der Waals surface area contributed by atoms with E-state index in [-0.39, 0.29) is 18.4 Å². The number of halogens is 1. The predicted molar refractivity (Wildman–Crippen MR) is 120 cm³/mol. The molecule has 0 bridgehead atoms. The van der Waals surface area contributed by atoms with Crippen molar-refractivity contribution >= 4 is 45.8 Å². The quantitative estimate of drug-likeness (QED) is 0.522. The van der Waals surface area contributed by atoms with Crippen LogP contribution in [0.3, 0.4) is 0 Å². The molecule has 4 heterocycles. The smallest absolute Gasteiger partial charge is 0.254 e.